The molecule has 1 aromatic carbocycles. The summed E-state index contributed by atoms with van der Waals surface area (Å²) in [5.74, 6) is 0. The number of rotatable bonds is 3. The predicted molar refractivity (Wildman–Crippen MR) is 57.8 cm³/mol. The van der Waals surface area contributed by atoms with E-state index in [1.54, 1.807) is 0 Å². The maximum absolute atomic E-state index is 11.8. The van der Waals surface area contributed by atoms with Crippen molar-refractivity contribution in [1.29, 1.82) is 0 Å². The van der Waals surface area contributed by atoms with Gasteiger partial charge in [-0.05, 0) is 12.5 Å². The van der Waals surface area contributed by atoms with Gasteiger partial charge in [-0.2, -0.15) is 8.78 Å². The molecule has 2 nitrogen and oxygen atoms in total. The molecule has 0 heterocycles. The minimum Gasteiger partial charge on any atom is -0.404 e. The highest BCUT2D eigenvalue weighted by molar-refractivity contribution is 6.09. The molecule has 0 bridgehead atoms. The van der Waals surface area contributed by atoms with Gasteiger partial charge in [0, 0.05) is 18.0 Å². The first-order chi connectivity index (χ1) is 7.13. The van der Waals surface area contributed by atoms with E-state index < -0.39 is 6.55 Å². The molecule has 0 radical (unpaired) electrons. The van der Waals surface area contributed by atoms with Gasteiger partial charge in [-0.3, -0.25) is 0 Å². The van der Waals surface area contributed by atoms with Crippen LogP contribution in [0.3, 0.4) is 0 Å². The second-order valence-electron chi connectivity index (χ2n) is 3.04. The lowest BCUT2D eigenvalue weighted by molar-refractivity contribution is 0.161. The summed E-state index contributed by atoms with van der Waals surface area (Å²) in [5, 5.41) is 0. The average Bonchev–Trinajstić information content (AvgIpc) is 2.21. The molecule has 0 aliphatic heterocycles. The number of aliphatic imine (C=N–C) groups is 1. The van der Waals surface area contributed by atoms with Crippen LogP contribution >= 0.6 is 0 Å². The van der Waals surface area contributed by atoms with Gasteiger partial charge in [0.1, 0.15) is 0 Å². The second kappa shape index (κ2) is 5.24. The van der Waals surface area contributed by atoms with E-state index in [2.05, 4.69) is 4.99 Å². The highest BCUT2D eigenvalue weighted by Gasteiger charge is 1.99. The molecule has 15 heavy (non-hydrogen) atoms. The summed E-state index contributed by atoms with van der Waals surface area (Å²) in [5.41, 5.74) is 7.68. The molecule has 2 N–H and O–H groups in total. The third-order valence-corrected chi connectivity index (χ3v) is 1.89. The molecular weight excluding hydrogens is 198 g/mol. The molecule has 0 aliphatic carbocycles. The van der Waals surface area contributed by atoms with E-state index in [4.69, 9.17) is 5.73 Å². The lowest BCUT2D eigenvalue weighted by Crippen LogP contribution is -1.93. The van der Waals surface area contributed by atoms with Gasteiger partial charge >= 0.3 is 6.55 Å². The third kappa shape index (κ3) is 3.50. The normalized spacial score (nSPS) is 12.7. The van der Waals surface area contributed by atoms with Crippen LogP contribution in [0, 0.1) is 6.92 Å². The van der Waals surface area contributed by atoms with Crippen LogP contribution in [0.25, 0.3) is 5.57 Å². The van der Waals surface area contributed by atoms with Crippen molar-refractivity contribution in [2.75, 3.05) is 0 Å². The second-order valence-corrected chi connectivity index (χ2v) is 3.04. The molecule has 0 unspecified atom stereocenters. The molecular formula is C11H12F2N2. The first kappa shape index (κ1) is 11.4. The van der Waals surface area contributed by atoms with Crippen LogP contribution in [0.15, 0.2) is 35.5 Å². The van der Waals surface area contributed by atoms with E-state index in [1.807, 2.05) is 31.2 Å². The number of alkyl halides is 2. The van der Waals surface area contributed by atoms with Crippen molar-refractivity contribution >= 4 is 11.8 Å². The number of nitrogens with two attached hydrogens (primary N) is 1. The molecule has 0 saturated carbocycles. The number of allylic oxidation sites excluding steroid dienone is 1. The molecule has 4 heteroatoms. The van der Waals surface area contributed by atoms with E-state index in [0.717, 1.165) is 17.3 Å². The van der Waals surface area contributed by atoms with Crippen LogP contribution in [-0.2, 0) is 0 Å². The molecule has 0 aromatic heterocycles. The predicted octanol–water partition coefficient (Wildman–Crippen LogP) is 2.59. The Morgan fingerprint density at radius 2 is 1.93 bits per heavy atom. The highest BCUT2D eigenvalue weighted by atomic mass is 19.3. The van der Waals surface area contributed by atoms with Crippen LogP contribution in [-0.4, -0.2) is 12.8 Å². The molecule has 0 spiro atoms. The Kier molecular flexibility index (Phi) is 3.97. The van der Waals surface area contributed by atoms with Crippen LogP contribution in [0.5, 0.6) is 0 Å². The fraction of sp³-hybridized carbons (Fsp3) is 0.182. The zero-order valence-electron chi connectivity index (χ0n) is 8.32. The summed E-state index contributed by atoms with van der Waals surface area (Å²) in [7, 11) is 0. The van der Waals surface area contributed by atoms with Crippen LogP contribution in [0.2, 0.25) is 0 Å². The number of benzene rings is 1. The maximum atomic E-state index is 11.8. The van der Waals surface area contributed by atoms with E-state index >= 15 is 0 Å². The Hall–Kier alpha value is -1.71. The van der Waals surface area contributed by atoms with Crippen molar-refractivity contribution in [1.82, 2.24) is 0 Å². The number of aryl methyl sites for hydroxylation is 1. The fourth-order valence-corrected chi connectivity index (χ4v) is 1.10. The van der Waals surface area contributed by atoms with E-state index in [9.17, 15) is 8.78 Å². The summed E-state index contributed by atoms with van der Waals surface area (Å²) in [6, 6.07) is 7.39. The summed E-state index contributed by atoms with van der Waals surface area (Å²) in [6.45, 7) is -0.756. The number of hydrogen-bond acceptors (Lipinski definition) is 2. The van der Waals surface area contributed by atoms with Crippen molar-refractivity contribution in [3.8, 4) is 0 Å². The zero-order valence-corrected chi connectivity index (χ0v) is 8.32. The average molecular weight is 210 g/mol. The Morgan fingerprint density at radius 1 is 1.33 bits per heavy atom. The molecule has 0 atom stereocenters. The molecule has 0 fully saturated rings. The maximum Gasteiger partial charge on any atom is 0.331 e. The van der Waals surface area contributed by atoms with Gasteiger partial charge in [-0.25, -0.2) is 4.99 Å². The van der Waals surface area contributed by atoms with E-state index in [-0.39, 0.29) is 0 Å². The van der Waals surface area contributed by atoms with Crippen molar-refractivity contribution in [3.63, 3.8) is 0 Å². The van der Waals surface area contributed by atoms with Gasteiger partial charge in [0.15, 0.2) is 0 Å². The lowest BCUT2D eigenvalue weighted by atomic mass is 10.1. The van der Waals surface area contributed by atoms with Gasteiger partial charge < -0.3 is 5.73 Å². The first-order valence-electron chi connectivity index (χ1n) is 4.43. The first-order valence-corrected chi connectivity index (χ1v) is 4.43. The van der Waals surface area contributed by atoms with Crippen molar-refractivity contribution in [2.24, 2.45) is 10.7 Å². The summed E-state index contributed by atoms with van der Waals surface area (Å²) in [6.07, 6.45) is 2.34. The lowest BCUT2D eigenvalue weighted by Gasteiger charge is -2.01. The molecule has 0 saturated heterocycles. The van der Waals surface area contributed by atoms with Crippen LogP contribution in [0.1, 0.15) is 11.1 Å². The third-order valence-electron chi connectivity index (χ3n) is 1.89. The Labute approximate surface area is 87.1 Å². The van der Waals surface area contributed by atoms with Gasteiger partial charge in [0.05, 0.1) is 0 Å². The summed E-state index contributed by atoms with van der Waals surface area (Å²) >= 11 is 0. The SMILES string of the molecule is Cc1ccc(C(C=NC(F)F)=CN)cc1. The fourth-order valence-electron chi connectivity index (χ4n) is 1.10. The number of hydrogen-bond donors (Lipinski definition) is 1. The van der Waals surface area contributed by atoms with Crippen LogP contribution in [0.4, 0.5) is 8.78 Å². The molecule has 1 rings (SSSR count). The standard InChI is InChI=1S/C11H12F2N2/c1-8-2-4-9(5-3-8)10(6-14)7-15-11(12)13/h2-7,11H,14H2,1H3. The van der Waals surface area contributed by atoms with E-state index in [1.165, 1.54) is 6.20 Å². The van der Waals surface area contributed by atoms with Gasteiger partial charge in [0.2, 0.25) is 0 Å². The largest absolute Gasteiger partial charge is 0.404 e. The Balaban J connectivity index is 2.89. The number of nitrogens with zero attached hydrogens (tertiary/aromatic N) is 1. The molecule has 80 valence electrons. The van der Waals surface area contributed by atoms with Gasteiger partial charge in [0.25, 0.3) is 0 Å². The van der Waals surface area contributed by atoms with Crippen molar-refractivity contribution < 1.29 is 8.78 Å². The minimum atomic E-state index is -2.70. The van der Waals surface area contributed by atoms with Crippen molar-refractivity contribution in [3.05, 3.63) is 41.6 Å². The minimum absolute atomic E-state index is 0.482. The summed E-state index contributed by atoms with van der Waals surface area (Å²) in [4.78, 5) is 2.99. The quantitative estimate of drug-likeness (QED) is 0.604. The topological polar surface area (TPSA) is 38.4 Å². The number of halogens is 2. The smallest absolute Gasteiger partial charge is 0.331 e. The van der Waals surface area contributed by atoms with E-state index in [0.29, 0.717) is 5.57 Å². The van der Waals surface area contributed by atoms with Crippen LogP contribution < -0.4 is 5.73 Å². The van der Waals surface area contributed by atoms with Crippen molar-refractivity contribution in [2.45, 2.75) is 13.5 Å². The highest BCUT2D eigenvalue weighted by Crippen LogP contribution is 2.12. The monoisotopic (exact) mass is 210 g/mol. The Morgan fingerprint density at radius 3 is 2.40 bits per heavy atom. The molecule has 1 aromatic rings. The van der Waals surface area contributed by atoms with Gasteiger partial charge in [-0.15, -0.1) is 0 Å². The summed E-state index contributed by atoms with van der Waals surface area (Å²) < 4.78 is 23.7. The van der Waals surface area contributed by atoms with Gasteiger partial charge in [-0.1, -0.05) is 29.8 Å². The zero-order chi connectivity index (χ0) is 11.3. The molecule has 0 amide bonds. The molecule has 0 aliphatic rings. The Bertz CT molecular complexity index is 367.